The summed E-state index contributed by atoms with van der Waals surface area (Å²) in [4.78, 5) is 16.2. The maximum absolute atomic E-state index is 8.12. The maximum Gasteiger partial charge on any atom is 0.373 e. The van der Waals surface area contributed by atoms with E-state index in [9.17, 15) is 0 Å². The first-order valence-corrected chi connectivity index (χ1v) is 9.20. The van der Waals surface area contributed by atoms with Gasteiger partial charge in [0, 0.05) is 8.95 Å². The maximum atomic E-state index is 8.12. The third-order valence-corrected chi connectivity index (χ3v) is 4.83. The van der Waals surface area contributed by atoms with Crippen LogP contribution in [0.15, 0.2) is 51.4 Å². The summed E-state index contributed by atoms with van der Waals surface area (Å²) in [7, 11) is 1.66. The van der Waals surface area contributed by atoms with E-state index in [1.54, 1.807) is 7.11 Å². The van der Waals surface area contributed by atoms with Gasteiger partial charge in [0.1, 0.15) is 5.75 Å². The van der Waals surface area contributed by atoms with Crippen LogP contribution in [0.25, 0.3) is 6.08 Å². The second kappa shape index (κ2) is 13.6. The largest absolute Gasteiger partial charge is 0.497 e. The third kappa shape index (κ3) is 10.0. The quantitative estimate of drug-likeness (QED) is 0.524. The van der Waals surface area contributed by atoms with Crippen molar-refractivity contribution in [2.75, 3.05) is 7.11 Å². The Bertz CT molecular complexity index is 719. The Hall–Kier alpha value is -1.68. The average Bonchev–Trinajstić information content (AvgIpc) is 2.59. The molecule has 0 spiro atoms. The Kier molecular flexibility index (Phi) is 12.7. The average molecular weight is 470 g/mol. The molecule has 5 heteroatoms. The van der Waals surface area contributed by atoms with Gasteiger partial charge in [-0.1, -0.05) is 69.1 Å². The van der Waals surface area contributed by atoms with Crippen molar-refractivity contribution in [3.8, 4) is 5.75 Å². The predicted octanol–water partition coefficient (Wildman–Crippen LogP) is 6.36. The molecule has 25 heavy (non-hydrogen) atoms. The molecule has 0 aliphatic rings. The number of hydrogen-bond acceptors (Lipinski definition) is 3. The minimum absolute atomic E-state index is 0.250. The van der Waals surface area contributed by atoms with Crippen molar-refractivity contribution >= 4 is 44.1 Å². The molecule has 0 aliphatic carbocycles. The Morgan fingerprint density at radius 1 is 1.00 bits per heavy atom. The van der Waals surface area contributed by atoms with E-state index in [0.29, 0.717) is 0 Å². The second-order valence-electron chi connectivity index (χ2n) is 5.02. The highest BCUT2D eigenvalue weighted by atomic mass is 79.9. The van der Waals surface area contributed by atoms with Crippen LogP contribution in [-0.2, 0) is 9.59 Å². The highest BCUT2D eigenvalue weighted by Crippen LogP contribution is 2.21. The van der Waals surface area contributed by atoms with E-state index < -0.39 is 0 Å². The van der Waals surface area contributed by atoms with Gasteiger partial charge in [-0.15, -0.1) is 0 Å². The van der Waals surface area contributed by atoms with Crippen LogP contribution < -0.4 is 4.74 Å². The van der Waals surface area contributed by atoms with E-state index in [1.807, 2.05) is 25.1 Å². The summed E-state index contributed by atoms with van der Waals surface area (Å²) in [5.41, 5.74) is 3.76. The van der Waals surface area contributed by atoms with Crippen molar-refractivity contribution in [2.24, 2.45) is 0 Å². The summed E-state index contributed by atoms with van der Waals surface area (Å²) >= 11 is 6.91. The lowest BCUT2D eigenvalue weighted by Crippen LogP contribution is -1.82. The van der Waals surface area contributed by atoms with Gasteiger partial charge in [-0.25, -0.2) is 0 Å². The predicted molar refractivity (Wildman–Crippen MR) is 109 cm³/mol. The van der Waals surface area contributed by atoms with Gasteiger partial charge in [0.05, 0.1) is 7.11 Å². The number of hydrogen-bond donors (Lipinski definition) is 0. The van der Waals surface area contributed by atoms with Crippen molar-refractivity contribution in [3.05, 3.63) is 68.1 Å². The normalized spacial score (nSPS) is 9.36. The fourth-order valence-corrected chi connectivity index (χ4v) is 2.42. The molecule has 0 heterocycles. The molecule has 0 unspecified atom stereocenters. The zero-order valence-electron chi connectivity index (χ0n) is 14.8. The first kappa shape index (κ1) is 23.3. The minimum Gasteiger partial charge on any atom is -0.497 e. The van der Waals surface area contributed by atoms with Crippen LogP contribution in [0.2, 0.25) is 0 Å². The van der Waals surface area contributed by atoms with Gasteiger partial charge in [-0.05, 0) is 55.2 Å². The summed E-state index contributed by atoms with van der Waals surface area (Å²) in [5.74, 6) is 0.887. The number of methoxy groups -OCH3 is 1. The lowest BCUT2D eigenvalue weighted by atomic mass is 10.1. The van der Waals surface area contributed by atoms with Crippen LogP contribution in [0.3, 0.4) is 0 Å². The Balaban J connectivity index is 0.000000403. The molecule has 0 saturated carbocycles. The molecule has 0 amide bonds. The van der Waals surface area contributed by atoms with Crippen LogP contribution in [0, 0.1) is 13.8 Å². The molecule has 134 valence electrons. The van der Waals surface area contributed by atoms with E-state index in [0.717, 1.165) is 16.6 Å². The molecular weight excluding hydrogens is 448 g/mol. The van der Waals surface area contributed by atoms with Crippen LogP contribution in [0.1, 0.15) is 30.0 Å². The smallest absolute Gasteiger partial charge is 0.373 e. The van der Waals surface area contributed by atoms with Crippen LogP contribution in [-0.4, -0.2) is 13.3 Å². The van der Waals surface area contributed by atoms with Crippen molar-refractivity contribution in [1.29, 1.82) is 0 Å². The highest BCUT2D eigenvalue weighted by molar-refractivity contribution is 9.10. The lowest BCUT2D eigenvalue weighted by molar-refractivity contribution is -0.191. The Labute approximate surface area is 166 Å². The summed E-state index contributed by atoms with van der Waals surface area (Å²) < 4.78 is 7.29. The summed E-state index contributed by atoms with van der Waals surface area (Å²) in [5, 5.41) is 0. The molecule has 0 radical (unpaired) electrons. The van der Waals surface area contributed by atoms with Crippen molar-refractivity contribution in [3.63, 3.8) is 0 Å². The first-order valence-electron chi connectivity index (χ1n) is 7.61. The lowest BCUT2D eigenvalue weighted by Gasteiger charge is -2.01. The molecule has 0 saturated heterocycles. The molecule has 0 N–H and O–H groups in total. The number of allylic oxidation sites excluding steroid dienone is 1. The van der Waals surface area contributed by atoms with Crippen LogP contribution >= 0.6 is 31.9 Å². The molecule has 3 nitrogen and oxygen atoms in total. The highest BCUT2D eigenvalue weighted by Gasteiger charge is 1.95. The van der Waals surface area contributed by atoms with E-state index in [1.165, 1.54) is 21.2 Å². The number of carbonyl (C=O) groups excluding carboxylic acids is 2. The van der Waals surface area contributed by atoms with Crippen molar-refractivity contribution in [1.82, 2.24) is 0 Å². The number of ether oxygens (including phenoxy) is 1. The number of aryl methyl sites for hydroxylation is 2. The Morgan fingerprint density at radius 2 is 1.52 bits per heavy atom. The molecule has 0 aromatic heterocycles. The molecule has 2 aromatic rings. The van der Waals surface area contributed by atoms with Gasteiger partial charge < -0.3 is 4.74 Å². The summed E-state index contributed by atoms with van der Waals surface area (Å²) in [6.45, 7) is 6.28. The molecular formula is C20H22Br2O3. The zero-order valence-corrected chi connectivity index (χ0v) is 18.0. The fourth-order valence-electron chi connectivity index (χ4n) is 1.67. The van der Waals surface area contributed by atoms with Crippen LogP contribution in [0.5, 0.6) is 5.75 Å². The molecule has 2 rings (SSSR count). The van der Waals surface area contributed by atoms with Gasteiger partial charge in [-0.3, -0.25) is 0 Å². The van der Waals surface area contributed by atoms with Gasteiger partial charge in [0.25, 0.3) is 0 Å². The summed E-state index contributed by atoms with van der Waals surface area (Å²) in [6.07, 6.45) is 5.65. The van der Waals surface area contributed by atoms with Crippen molar-refractivity contribution < 1.29 is 14.3 Å². The van der Waals surface area contributed by atoms with Gasteiger partial charge >= 0.3 is 6.15 Å². The second-order valence-corrected chi connectivity index (χ2v) is 6.73. The number of benzene rings is 2. The number of rotatable bonds is 3. The minimum atomic E-state index is 0.250. The standard InChI is InChI=1S/C11H13Br.C8H9BrO.CO2/c1-3-4-5-10-7-6-9(2)11(12)8-10;1-6-3-4-7(10-2)5-8(6)9;2-1-3/h4-8H,3H2,1-2H3;3-5H,1-2H3;/b5-4+;;. The Morgan fingerprint density at radius 3 is 1.96 bits per heavy atom. The summed E-state index contributed by atoms with van der Waals surface area (Å²) in [6, 6.07) is 12.3. The van der Waals surface area contributed by atoms with Crippen molar-refractivity contribution in [2.45, 2.75) is 27.2 Å². The third-order valence-electron chi connectivity index (χ3n) is 3.12. The van der Waals surface area contributed by atoms with E-state index in [2.05, 4.69) is 76.1 Å². The van der Waals surface area contributed by atoms with Gasteiger partial charge in [0.2, 0.25) is 0 Å². The topological polar surface area (TPSA) is 43.4 Å². The molecule has 0 aliphatic heterocycles. The van der Waals surface area contributed by atoms with E-state index in [4.69, 9.17) is 14.3 Å². The molecule has 2 aromatic carbocycles. The molecule has 0 fully saturated rings. The molecule has 0 atom stereocenters. The zero-order chi connectivity index (χ0) is 19.2. The number of halogens is 2. The SMILES string of the molecule is CC/C=C/c1ccc(C)c(Br)c1.COc1ccc(C)c(Br)c1.O=C=O. The van der Waals surface area contributed by atoms with Crippen LogP contribution in [0.4, 0.5) is 0 Å². The van der Waals surface area contributed by atoms with Gasteiger partial charge in [0.15, 0.2) is 0 Å². The van der Waals surface area contributed by atoms with E-state index in [-0.39, 0.29) is 6.15 Å². The monoisotopic (exact) mass is 468 g/mol. The fraction of sp³-hybridized carbons (Fsp3) is 0.250. The molecule has 0 bridgehead atoms. The first-order chi connectivity index (χ1) is 11.9. The van der Waals surface area contributed by atoms with E-state index >= 15 is 0 Å². The van der Waals surface area contributed by atoms with Gasteiger partial charge in [-0.2, -0.15) is 9.59 Å².